The molecule has 1 fully saturated rings. The van der Waals surface area contributed by atoms with Gasteiger partial charge in [0.15, 0.2) is 12.0 Å². The second kappa shape index (κ2) is 4.14. The Hall–Kier alpha value is -2.37. The number of aromatic nitrogens is 1. The van der Waals surface area contributed by atoms with Crippen LogP contribution in [0.4, 0.5) is 5.69 Å². The van der Waals surface area contributed by atoms with Crippen molar-refractivity contribution in [2.24, 2.45) is 0 Å². The number of oxazole rings is 1. The summed E-state index contributed by atoms with van der Waals surface area (Å²) in [7, 11) is 0. The van der Waals surface area contributed by atoms with Crippen molar-refractivity contribution in [2.45, 2.75) is 18.9 Å². The SMILES string of the molecule is O=C1CCC(C(=O)Nc2ccc3ncoc3c2)N1. The molecule has 6 nitrogen and oxygen atoms in total. The van der Waals surface area contributed by atoms with Crippen molar-refractivity contribution >= 4 is 28.6 Å². The molecule has 92 valence electrons. The number of nitrogens with one attached hydrogen (secondary N) is 2. The van der Waals surface area contributed by atoms with Gasteiger partial charge in [0.1, 0.15) is 11.6 Å². The van der Waals surface area contributed by atoms with E-state index in [2.05, 4.69) is 15.6 Å². The Kier molecular flexibility index (Phi) is 2.47. The molecule has 2 N–H and O–H groups in total. The number of benzene rings is 1. The smallest absolute Gasteiger partial charge is 0.246 e. The summed E-state index contributed by atoms with van der Waals surface area (Å²) in [6.45, 7) is 0. The van der Waals surface area contributed by atoms with Gasteiger partial charge < -0.3 is 15.1 Å². The molecule has 0 radical (unpaired) electrons. The highest BCUT2D eigenvalue weighted by Gasteiger charge is 2.27. The van der Waals surface area contributed by atoms with E-state index in [1.165, 1.54) is 6.39 Å². The zero-order chi connectivity index (χ0) is 12.5. The summed E-state index contributed by atoms with van der Waals surface area (Å²) in [6.07, 6.45) is 2.29. The Morgan fingerprint density at radius 3 is 3.17 bits per heavy atom. The van der Waals surface area contributed by atoms with Crippen LogP contribution < -0.4 is 10.6 Å². The molecule has 0 saturated carbocycles. The number of anilines is 1. The fourth-order valence-corrected chi connectivity index (χ4v) is 1.97. The number of carbonyl (C=O) groups is 2. The normalized spacial score (nSPS) is 18.9. The zero-order valence-electron chi connectivity index (χ0n) is 9.47. The summed E-state index contributed by atoms with van der Waals surface area (Å²) in [4.78, 5) is 26.9. The average Bonchev–Trinajstić information content (AvgIpc) is 2.96. The van der Waals surface area contributed by atoms with Crippen molar-refractivity contribution in [2.75, 3.05) is 5.32 Å². The van der Waals surface area contributed by atoms with Crippen LogP contribution in [0.3, 0.4) is 0 Å². The number of hydrogen-bond donors (Lipinski definition) is 2. The van der Waals surface area contributed by atoms with Crippen LogP contribution in [0.1, 0.15) is 12.8 Å². The Morgan fingerprint density at radius 2 is 2.39 bits per heavy atom. The van der Waals surface area contributed by atoms with Crippen LogP contribution >= 0.6 is 0 Å². The first-order valence-electron chi connectivity index (χ1n) is 5.66. The lowest BCUT2D eigenvalue weighted by molar-refractivity contribution is -0.122. The molecular weight excluding hydrogens is 234 g/mol. The highest BCUT2D eigenvalue weighted by molar-refractivity contribution is 5.99. The lowest BCUT2D eigenvalue weighted by Crippen LogP contribution is -2.37. The van der Waals surface area contributed by atoms with E-state index < -0.39 is 6.04 Å². The van der Waals surface area contributed by atoms with Crippen LogP contribution in [-0.4, -0.2) is 22.8 Å². The van der Waals surface area contributed by atoms with E-state index in [1.54, 1.807) is 18.2 Å². The quantitative estimate of drug-likeness (QED) is 0.828. The van der Waals surface area contributed by atoms with E-state index in [1.807, 2.05) is 0 Å². The third-order valence-corrected chi connectivity index (χ3v) is 2.91. The highest BCUT2D eigenvalue weighted by atomic mass is 16.3. The average molecular weight is 245 g/mol. The molecule has 2 amide bonds. The molecule has 1 aliphatic rings. The van der Waals surface area contributed by atoms with Gasteiger partial charge in [0, 0.05) is 18.2 Å². The predicted molar refractivity (Wildman–Crippen MR) is 63.8 cm³/mol. The van der Waals surface area contributed by atoms with Gasteiger partial charge in [-0.15, -0.1) is 0 Å². The molecule has 1 unspecified atom stereocenters. The van der Waals surface area contributed by atoms with Gasteiger partial charge in [0.2, 0.25) is 11.8 Å². The van der Waals surface area contributed by atoms with Crippen molar-refractivity contribution in [3.05, 3.63) is 24.6 Å². The zero-order valence-corrected chi connectivity index (χ0v) is 9.47. The molecule has 0 bridgehead atoms. The van der Waals surface area contributed by atoms with Crippen LogP contribution in [0, 0.1) is 0 Å². The maximum Gasteiger partial charge on any atom is 0.246 e. The van der Waals surface area contributed by atoms with Gasteiger partial charge in [-0.25, -0.2) is 4.98 Å². The number of fused-ring (bicyclic) bond motifs is 1. The summed E-state index contributed by atoms with van der Waals surface area (Å²) < 4.78 is 5.15. The predicted octanol–water partition coefficient (Wildman–Crippen LogP) is 1.04. The molecule has 1 aromatic carbocycles. The minimum absolute atomic E-state index is 0.0826. The topological polar surface area (TPSA) is 84.2 Å². The van der Waals surface area contributed by atoms with E-state index in [0.29, 0.717) is 24.1 Å². The van der Waals surface area contributed by atoms with E-state index in [-0.39, 0.29) is 11.8 Å². The molecule has 1 atom stereocenters. The fraction of sp³-hybridized carbons (Fsp3) is 0.250. The summed E-state index contributed by atoms with van der Waals surface area (Å²) >= 11 is 0. The molecule has 1 aromatic heterocycles. The molecule has 2 aromatic rings. The number of hydrogen-bond acceptors (Lipinski definition) is 4. The van der Waals surface area contributed by atoms with Crippen LogP contribution in [0.15, 0.2) is 29.0 Å². The molecule has 1 aliphatic heterocycles. The van der Waals surface area contributed by atoms with Crippen molar-refractivity contribution < 1.29 is 14.0 Å². The van der Waals surface area contributed by atoms with Gasteiger partial charge in [0.05, 0.1) is 0 Å². The van der Waals surface area contributed by atoms with Crippen molar-refractivity contribution in [1.29, 1.82) is 0 Å². The van der Waals surface area contributed by atoms with E-state index in [9.17, 15) is 9.59 Å². The second-order valence-electron chi connectivity index (χ2n) is 4.18. The molecule has 18 heavy (non-hydrogen) atoms. The lowest BCUT2D eigenvalue weighted by atomic mass is 10.2. The number of rotatable bonds is 2. The molecular formula is C12H11N3O3. The number of nitrogens with zero attached hydrogens (tertiary/aromatic N) is 1. The summed E-state index contributed by atoms with van der Waals surface area (Å²) in [5.41, 5.74) is 1.98. The summed E-state index contributed by atoms with van der Waals surface area (Å²) in [5, 5.41) is 5.36. The van der Waals surface area contributed by atoms with Gasteiger partial charge in [-0.1, -0.05) is 0 Å². The largest absolute Gasteiger partial charge is 0.443 e. The molecule has 3 rings (SSSR count). The standard InChI is InChI=1S/C12H11N3O3/c16-11-4-3-9(15-11)12(17)14-7-1-2-8-10(5-7)18-6-13-8/h1-2,5-6,9H,3-4H2,(H,14,17)(H,15,16). The van der Waals surface area contributed by atoms with E-state index in [4.69, 9.17) is 4.42 Å². The van der Waals surface area contributed by atoms with Crippen LogP contribution in [0.25, 0.3) is 11.1 Å². The maximum absolute atomic E-state index is 11.9. The minimum atomic E-state index is -0.442. The van der Waals surface area contributed by atoms with E-state index >= 15 is 0 Å². The van der Waals surface area contributed by atoms with Gasteiger partial charge >= 0.3 is 0 Å². The second-order valence-corrected chi connectivity index (χ2v) is 4.18. The number of amides is 2. The van der Waals surface area contributed by atoms with E-state index in [0.717, 1.165) is 5.52 Å². The van der Waals surface area contributed by atoms with Gasteiger partial charge in [-0.05, 0) is 18.6 Å². The Morgan fingerprint density at radius 1 is 1.50 bits per heavy atom. The first-order chi connectivity index (χ1) is 8.72. The first-order valence-corrected chi connectivity index (χ1v) is 5.66. The monoisotopic (exact) mass is 245 g/mol. The highest BCUT2D eigenvalue weighted by Crippen LogP contribution is 2.18. The molecule has 0 aliphatic carbocycles. The lowest BCUT2D eigenvalue weighted by Gasteiger charge is -2.10. The summed E-state index contributed by atoms with van der Waals surface area (Å²) in [5.74, 6) is -0.291. The fourth-order valence-electron chi connectivity index (χ4n) is 1.97. The maximum atomic E-state index is 11.9. The third-order valence-electron chi connectivity index (χ3n) is 2.91. The minimum Gasteiger partial charge on any atom is -0.443 e. The van der Waals surface area contributed by atoms with Crippen LogP contribution in [-0.2, 0) is 9.59 Å². The number of carbonyl (C=O) groups excluding carboxylic acids is 2. The molecule has 1 saturated heterocycles. The first kappa shape index (κ1) is 10.8. The molecule has 0 spiro atoms. The van der Waals surface area contributed by atoms with Gasteiger partial charge in [0.25, 0.3) is 0 Å². The third kappa shape index (κ3) is 1.92. The Labute approximate surface area is 102 Å². The Bertz CT molecular complexity index is 620. The van der Waals surface area contributed by atoms with Gasteiger partial charge in [-0.2, -0.15) is 0 Å². The molecule has 6 heteroatoms. The van der Waals surface area contributed by atoms with Crippen LogP contribution in [0.5, 0.6) is 0 Å². The van der Waals surface area contributed by atoms with Crippen molar-refractivity contribution in [3.8, 4) is 0 Å². The van der Waals surface area contributed by atoms with Crippen LogP contribution in [0.2, 0.25) is 0 Å². The molecule has 2 heterocycles. The van der Waals surface area contributed by atoms with Crippen molar-refractivity contribution in [1.82, 2.24) is 10.3 Å². The van der Waals surface area contributed by atoms with Gasteiger partial charge in [-0.3, -0.25) is 9.59 Å². The van der Waals surface area contributed by atoms with Crippen molar-refractivity contribution in [3.63, 3.8) is 0 Å². The summed E-state index contributed by atoms with van der Waals surface area (Å²) in [6, 6.07) is 4.78. The Balaban J connectivity index is 1.75.